The highest BCUT2D eigenvalue weighted by molar-refractivity contribution is 7.91. The van der Waals surface area contributed by atoms with Gasteiger partial charge in [-0.25, -0.2) is 8.42 Å². The lowest BCUT2D eigenvalue weighted by molar-refractivity contribution is 0.167. The van der Waals surface area contributed by atoms with Crippen LogP contribution in [0.5, 0.6) is 5.75 Å². The molecule has 3 aromatic rings. The minimum atomic E-state index is -3.74. The van der Waals surface area contributed by atoms with Gasteiger partial charge in [0.15, 0.2) is 0 Å². The molecule has 0 amide bonds. The molecule has 6 nitrogen and oxygen atoms in total. The average molecular weight is 479 g/mol. The van der Waals surface area contributed by atoms with Crippen LogP contribution in [-0.2, 0) is 27.8 Å². The van der Waals surface area contributed by atoms with E-state index >= 15 is 0 Å². The number of thiophene rings is 1. The summed E-state index contributed by atoms with van der Waals surface area (Å²) in [4.78, 5) is 4.30. The number of hydrogen-bond donors (Lipinski definition) is 0. The largest absolute Gasteiger partial charge is 0.493 e. The van der Waals surface area contributed by atoms with Gasteiger partial charge in [0.05, 0.1) is 29.8 Å². The van der Waals surface area contributed by atoms with Gasteiger partial charge in [0.2, 0.25) is 0 Å². The van der Waals surface area contributed by atoms with Gasteiger partial charge in [-0.1, -0.05) is 29.8 Å². The maximum absolute atomic E-state index is 13.3. The zero-order valence-corrected chi connectivity index (χ0v) is 19.2. The van der Waals surface area contributed by atoms with Crippen molar-refractivity contribution in [3.8, 4) is 5.75 Å². The van der Waals surface area contributed by atoms with Crippen molar-refractivity contribution in [2.45, 2.75) is 23.7 Å². The van der Waals surface area contributed by atoms with Crippen LogP contribution >= 0.6 is 22.9 Å². The Labute approximate surface area is 191 Å². The molecule has 0 N–H and O–H groups in total. The Kier molecular flexibility index (Phi) is 7.24. The minimum absolute atomic E-state index is 0.156. The number of sulfonamides is 1. The highest BCUT2D eigenvalue weighted by Gasteiger charge is 2.27. The topological polar surface area (TPSA) is 68.7 Å². The van der Waals surface area contributed by atoms with E-state index < -0.39 is 10.0 Å². The first-order valence-electron chi connectivity index (χ1n) is 9.95. The number of pyridine rings is 1. The van der Waals surface area contributed by atoms with Gasteiger partial charge in [0, 0.05) is 25.3 Å². The molecule has 1 aliphatic rings. The molecule has 0 saturated carbocycles. The van der Waals surface area contributed by atoms with E-state index in [4.69, 9.17) is 21.1 Å². The second-order valence-corrected chi connectivity index (χ2v) is 11.2. The molecule has 9 heteroatoms. The van der Waals surface area contributed by atoms with E-state index in [-0.39, 0.29) is 17.3 Å². The van der Waals surface area contributed by atoms with Crippen molar-refractivity contribution in [3.05, 3.63) is 76.4 Å². The Bertz CT molecular complexity index is 1100. The van der Waals surface area contributed by atoms with Crippen LogP contribution in [0.25, 0.3) is 0 Å². The fraction of sp³-hybridized carbons (Fsp3) is 0.318. The lowest BCUT2D eigenvalue weighted by atomic mass is 10.1. The average Bonchev–Trinajstić information content (AvgIpc) is 3.45. The van der Waals surface area contributed by atoms with Crippen molar-refractivity contribution >= 4 is 33.0 Å². The molecule has 1 atom stereocenters. The van der Waals surface area contributed by atoms with E-state index in [0.29, 0.717) is 22.6 Å². The summed E-state index contributed by atoms with van der Waals surface area (Å²) in [6, 6.07) is 16.1. The predicted octanol–water partition coefficient (Wildman–Crippen LogP) is 4.60. The van der Waals surface area contributed by atoms with Crippen LogP contribution < -0.4 is 4.74 Å². The Morgan fingerprint density at radius 3 is 2.77 bits per heavy atom. The summed E-state index contributed by atoms with van der Waals surface area (Å²) >= 11 is 7.05. The zero-order chi connectivity index (χ0) is 21.7. The standard InChI is InChI=1S/C22H23ClN2O4S2/c23-21-7-8-22(30-21)31(26,27)25(14-19-5-1-2-10-24-19)13-17-4-3-6-20(12-17)29-16-18-9-11-28-15-18/h1-8,10,12,18H,9,11,13-16H2/t18-/m1/s1. The fourth-order valence-corrected chi connectivity index (χ4v) is 6.36. The van der Waals surface area contributed by atoms with Crippen molar-refractivity contribution in [3.63, 3.8) is 0 Å². The van der Waals surface area contributed by atoms with Crippen molar-refractivity contribution in [1.82, 2.24) is 9.29 Å². The van der Waals surface area contributed by atoms with Gasteiger partial charge < -0.3 is 9.47 Å². The number of aromatic nitrogens is 1. The number of rotatable bonds is 9. The highest BCUT2D eigenvalue weighted by atomic mass is 35.5. The molecule has 0 aliphatic carbocycles. The first-order chi connectivity index (χ1) is 15.0. The van der Waals surface area contributed by atoms with Gasteiger partial charge in [-0.05, 0) is 48.4 Å². The van der Waals surface area contributed by atoms with Crippen LogP contribution in [0.1, 0.15) is 17.7 Å². The van der Waals surface area contributed by atoms with Crippen LogP contribution in [0.4, 0.5) is 0 Å². The maximum Gasteiger partial charge on any atom is 0.253 e. The quantitative estimate of drug-likeness (QED) is 0.449. The van der Waals surface area contributed by atoms with Crippen molar-refractivity contribution in [1.29, 1.82) is 0 Å². The van der Waals surface area contributed by atoms with E-state index in [0.717, 1.165) is 42.3 Å². The Morgan fingerprint density at radius 1 is 1.16 bits per heavy atom. The summed E-state index contributed by atoms with van der Waals surface area (Å²) in [6.45, 7) is 2.44. The molecule has 3 heterocycles. The third-order valence-corrected chi connectivity index (χ3v) is 8.46. The monoisotopic (exact) mass is 478 g/mol. The number of benzene rings is 1. The van der Waals surface area contributed by atoms with E-state index in [2.05, 4.69) is 4.98 Å². The highest BCUT2D eigenvalue weighted by Crippen LogP contribution is 2.30. The number of ether oxygens (including phenoxy) is 2. The van der Waals surface area contributed by atoms with E-state index in [1.54, 1.807) is 18.3 Å². The van der Waals surface area contributed by atoms with E-state index in [1.807, 2.05) is 36.4 Å². The van der Waals surface area contributed by atoms with Crippen molar-refractivity contribution < 1.29 is 17.9 Å². The minimum Gasteiger partial charge on any atom is -0.493 e. The van der Waals surface area contributed by atoms with Gasteiger partial charge in [-0.15, -0.1) is 11.3 Å². The third-order valence-electron chi connectivity index (χ3n) is 4.97. The Balaban J connectivity index is 1.55. The number of hydrogen-bond acceptors (Lipinski definition) is 6. The smallest absolute Gasteiger partial charge is 0.253 e. The molecule has 164 valence electrons. The number of nitrogens with zero attached hydrogens (tertiary/aromatic N) is 2. The number of halogens is 1. The van der Waals surface area contributed by atoms with Crippen LogP contribution in [0.3, 0.4) is 0 Å². The molecule has 0 bridgehead atoms. The summed E-state index contributed by atoms with van der Waals surface area (Å²) in [5.41, 5.74) is 1.50. The second-order valence-electron chi connectivity index (χ2n) is 7.34. The molecule has 2 aromatic heterocycles. The maximum atomic E-state index is 13.3. The molecule has 0 spiro atoms. The van der Waals surface area contributed by atoms with E-state index in [9.17, 15) is 8.42 Å². The van der Waals surface area contributed by atoms with Gasteiger partial charge >= 0.3 is 0 Å². The van der Waals surface area contributed by atoms with Gasteiger partial charge in [-0.3, -0.25) is 4.98 Å². The zero-order valence-electron chi connectivity index (χ0n) is 16.8. The molecule has 4 rings (SSSR count). The molecular weight excluding hydrogens is 456 g/mol. The first kappa shape index (κ1) is 22.2. The molecule has 1 saturated heterocycles. The predicted molar refractivity (Wildman–Crippen MR) is 121 cm³/mol. The fourth-order valence-electron chi connectivity index (χ4n) is 3.33. The molecule has 1 aromatic carbocycles. The lowest BCUT2D eigenvalue weighted by Gasteiger charge is -2.21. The summed E-state index contributed by atoms with van der Waals surface area (Å²) in [5.74, 6) is 1.12. The molecule has 0 radical (unpaired) electrons. The summed E-state index contributed by atoms with van der Waals surface area (Å²) in [6.07, 6.45) is 2.66. The van der Waals surface area contributed by atoms with E-state index in [1.165, 1.54) is 10.4 Å². The molecule has 1 aliphatic heterocycles. The van der Waals surface area contributed by atoms with Crippen LogP contribution in [0.2, 0.25) is 4.34 Å². The third kappa shape index (κ3) is 5.84. The summed E-state index contributed by atoms with van der Waals surface area (Å²) < 4.78 is 40.1. The summed E-state index contributed by atoms with van der Waals surface area (Å²) in [5, 5.41) is 0. The lowest BCUT2D eigenvalue weighted by Crippen LogP contribution is -2.30. The molecule has 1 fully saturated rings. The first-order valence-corrected chi connectivity index (χ1v) is 12.6. The van der Waals surface area contributed by atoms with Gasteiger partial charge in [0.25, 0.3) is 10.0 Å². The van der Waals surface area contributed by atoms with Crippen LogP contribution in [0, 0.1) is 5.92 Å². The molecular formula is C22H23ClN2O4S2. The van der Waals surface area contributed by atoms with Crippen molar-refractivity contribution in [2.24, 2.45) is 5.92 Å². The normalized spacial score (nSPS) is 16.6. The van der Waals surface area contributed by atoms with Gasteiger partial charge in [0.1, 0.15) is 9.96 Å². The second kappa shape index (κ2) is 10.1. The SMILES string of the molecule is O=S(=O)(c1ccc(Cl)s1)N(Cc1cccc(OC[C@@H]2CCOC2)c1)Cc1ccccn1. The summed E-state index contributed by atoms with van der Waals surface area (Å²) in [7, 11) is -3.74. The Hall–Kier alpha value is -1.97. The van der Waals surface area contributed by atoms with Crippen LogP contribution in [0.15, 0.2) is 65.0 Å². The van der Waals surface area contributed by atoms with Gasteiger partial charge in [-0.2, -0.15) is 4.31 Å². The van der Waals surface area contributed by atoms with Crippen LogP contribution in [-0.4, -0.2) is 37.5 Å². The Morgan fingerprint density at radius 2 is 2.06 bits per heavy atom. The van der Waals surface area contributed by atoms with Crippen molar-refractivity contribution in [2.75, 3.05) is 19.8 Å². The molecule has 0 unspecified atom stereocenters. The molecule has 31 heavy (non-hydrogen) atoms.